The Morgan fingerprint density at radius 1 is 0.339 bits per heavy atom. The molecule has 0 saturated carbocycles. The van der Waals surface area contributed by atoms with Gasteiger partial charge in [0.05, 0.1) is 5.56 Å². The van der Waals surface area contributed by atoms with E-state index in [4.69, 9.17) is 8.83 Å². The zero-order valence-electron chi connectivity index (χ0n) is 32.6. The summed E-state index contributed by atoms with van der Waals surface area (Å²) in [5.74, 6) is 0. The van der Waals surface area contributed by atoms with Crippen LogP contribution in [0.15, 0.2) is 191 Å². The Hall–Kier alpha value is -7.42. The molecule has 0 spiro atoms. The average Bonchev–Trinajstić information content (AvgIpc) is 3.92. The Labute approximate surface area is 340 Å². The van der Waals surface area contributed by atoms with E-state index in [1.54, 1.807) is 0 Å². The van der Waals surface area contributed by atoms with Crippen LogP contribution in [0, 0.1) is 0 Å². The summed E-state index contributed by atoms with van der Waals surface area (Å²) >= 11 is 0. The van der Waals surface area contributed by atoms with Gasteiger partial charge in [-0.05, 0) is 113 Å². The quantitative estimate of drug-likeness (QED) is 0.168. The minimum atomic E-state index is -0.215. The van der Waals surface area contributed by atoms with Gasteiger partial charge in [-0.25, -0.2) is 0 Å². The van der Waals surface area contributed by atoms with Crippen molar-refractivity contribution in [2.45, 2.75) is 19.3 Å². The highest BCUT2D eigenvalue weighted by Gasteiger charge is 2.36. The standard InChI is InChI=1S/C57H36O2/c1-57(2)47-28-25-35(53-55-45(39-18-12-13-23-49(39)58-55)32-46-54-37-17-7-6-14-33(37)26-29-50(54)59-56(46)53)30-44(47)38-27-24-36(31-48(38)57)52-42-21-10-8-19-40(42)51(34-15-4-3-5-16-34)41-20-9-11-22-43(41)52/h3-32H,1-2H3. The van der Waals surface area contributed by atoms with Gasteiger partial charge in [0.25, 0.3) is 0 Å². The summed E-state index contributed by atoms with van der Waals surface area (Å²) in [6.45, 7) is 4.75. The van der Waals surface area contributed by atoms with Gasteiger partial charge in [0.2, 0.25) is 0 Å². The highest BCUT2D eigenvalue weighted by molar-refractivity contribution is 6.27. The molecule has 0 fully saturated rings. The number of rotatable bonds is 3. The molecule has 0 atom stereocenters. The first kappa shape index (κ1) is 32.6. The Bertz CT molecular complexity index is 3690. The van der Waals surface area contributed by atoms with Gasteiger partial charge in [0.15, 0.2) is 0 Å². The molecule has 2 heterocycles. The minimum absolute atomic E-state index is 0.215. The summed E-state index contributed by atoms with van der Waals surface area (Å²) in [5, 5.41) is 11.9. The maximum absolute atomic E-state index is 6.89. The van der Waals surface area contributed by atoms with E-state index in [0.717, 1.165) is 55.0 Å². The number of para-hydroxylation sites is 1. The van der Waals surface area contributed by atoms with E-state index in [2.05, 4.69) is 190 Å². The monoisotopic (exact) mass is 752 g/mol. The highest BCUT2D eigenvalue weighted by Crippen LogP contribution is 2.54. The van der Waals surface area contributed by atoms with Crippen LogP contribution in [0.2, 0.25) is 0 Å². The Morgan fingerprint density at radius 2 is 0.915 bits per heavy atom. The van der Waals surface area contributed by atoms with Crippen LogP contribution in [0.5, 0.6) is 0 Å². The second-order valence-electron chi connectivity index (χ2n) is 16.7. The van der Waals surface area contributed by atoms with Gasteiger partial charge in [-0.1, -0.05) is 166 Å². The SMILES string of the molecule is CC1(C)c2ccc(-c3c4oc5ccccc5c4cc4c3oc3ccc5ccccc5c34)cc2-c2ccc(-c3c4ccccc4c(-c4ccccc4)c4ccccc34)cc21. The van der Waals surface area contributed by atoms with Gasteiger partial charge in [-0.2, -0.15) is 0 Å². The number of hydrogen-bond donors (Lipinski definition) is 0. The molecule has 12 aromatic rings. The van der Waals surface area contributed by atoms with E-state index in [1.807, 2.05) is 6.07 Å². The molecule has 0 saturated heterocycles. The number of furan rings is 2. The first-order chi connectivity index (χ1) is 29.0. The van der Waals surface area contributed by atoms with Crippen LogP contribution in [0.4, 0.5) is 0 Å². The summed E-state index contributed by atoms with van der Waals surface area (Å²) in [6, 6.07) is 66.4. The molecule has 1 aliphatic carbocycles. The average molecular weight is 753 g/mol. The van der Waals surface area contributed by atoms with Gasteiger partial charge >= 0.3 is 0 Å². The van der Waals surface area contributed by atoms with E-state index in [1.165, 1.54) is 76.8 Å². The van der Waals surface area contributed by atoms with Crippen molar-refractivity contribution in [3.8, 4) is 44.5 Å². The molecule has 0 radical (unpaired) electrons. The highest BCUT2D eigenvalue weighted by atomic mass is 16.3. The van der Waals surface area contributed by atoms with Crippen molar-refractivity contribution in [3.63, 3.8) is 0 Å². The predicted molar refractivity (Wildman–Crippen MR) is 247 cm³/mol. The van der Waals surface area contributed by atoms with E-state index in [-0.39, 0.29) is 5.41 Å². The Morgan fingerprint density at radius 3 is 1.66 bits per heavy atom. The normalized spacial score (nSPS) is 13.4. The lowest BCUT2D eigenvalue weighted by atomic mass is 9.80. The van der Waals surface area contributed by atoms with Crippen LogP contribution < -0.4 is 0 Å². The Balaban J connectivity index is 1.05. The van der Waals surface area contributed by atoms with Crippen molar-refractivity contribution in [1.82, 2.24) is 0 Å². The third-order valence-corrected chi connectivity index (χ3v) is 13.2. The summed E-state index contributed by atoms with van der Waals surface area (Å²) < 4.78 is 13.7. The van der Waals surface area contributed by atoms with Crippen molar-refractivity contribution in [2.24, 2.45) is 0 Å². The summed E-state index contributed by atoms with van der Waals surface area (Å²) in [5.41, 5.74) is 15.6. The van der Waals surface area contributed by atoms with Crippen molar-refractivity contribution in [1.29, 1.82) is 0 Å². The molecular weight excluding hydrogens is 717 g/mol. The fraction of sp³-hybridized carbons (Fsp3) is 0.0526. The van der Waals surface area contributed by atoms with Crippen LogP contribution in [0.1, 0.15) is 25.0 Å². The molecule has 0 bridgehead atoms. The van der Waals surface area contributed by atoms with Gasteiger partial charge in [0, 0.05) is 27.0 Å². The molecule has 0 amide bonds. The zero-order chi connectivity index (χ0) is 39.0. The fourth-order valence-electron chi connectivity index (χ4n) is 10.5. The van der Waals surface area contributed by atoms with Gasteiger partial charge in [0.1, 0.15) is 22.3 Å². The maximum Gasteiger partial charge on any atom is 0.147 e. The third-order valence-electron chi connectivity index (χ3n) is 13.2. The Kier molecular flexibility index (Phi) is 6.54. The summed E-state index contributed by atoms with van der Waals surface area (Å²) in [6.07, 6.45) is 0. The van der Waals surface area contributed by atoms with E-state index in [0.29, 0.717) is 0 Å². The molecule has 0 unspecified atom stereocenters. The smallest absolute Gasteiger partial charge is 0.147 e. The lowest BCUT2D eigenvalue weighted by Crippen LogP contribution is -2.15. The van der Waals surface area contributed by atoms with Gasteiger partial charge < -0.3 is 8.83 Å². The summed E-state index contributed by atoms with van der Waals surface area (Å²) in [4.78, 5) is 0. The lowest BCUT2D eigenvalue weighted by molar-refractivity contribution is 0.658. The van der Waals surface area contributed by atoms with Crippen molar-refractivity contribution in [3.05, 3.63) is 193 Å². The van der Waals surface area contributed by atoms with Gasteiger partial charge in [-0.15, -0.1) is 0 Å². The van der Waals surface area contributed by atoms with Crippen molar-refractivity contribution in [2.75, 3.05) is 0 Å². The van der Waals surface area contributed by atoms with Crippen LogP contribution in [-0.4, -0.2) is 0 Å². The maximum atomic E-state index is 6.89. The molecular formula is C57H36O2. The molecule has 276 valence electrons. The second-order valence-corrected chi connectivity index (χ2v) is 16.7. The molecule has 13 rings (SSSR count). The first-order valence-electron chi connectivity index (χ1n) is 20.5. The fourth-order valence-corrected chi connectivity index (χ4v) is 10.5. The number of hydrogen-bond acceptors (Lipinski definition) is 2. The molecule has 0 N–H and O–H groups in total. The predicted octanol–water partition coefficient (Wildman–Crippen LogP) is 16.3. The van der Waals surface area contributed by atoms with E-state index in [9.17, 15) is 0 Å². The van der Waals surface area contributed by atoms with Crippen molar-refractivity contribution < 1.29 is 8.83 Å². The first-order valence-corrected chi connectivity index (χ1v) is 20.5. The van der Waals surface area contributed by atoms with Crippen LogP contribution in [0.25, 0.3) is 121 Å². The molecule has 2 nitrogen and oxygen atoms in total. The topological polar surface area (TPSA) is 26.3 Å². The number of benzene rings is 10. The molecule has 1 aliphatic rings. The molecule has 2 heteroatoms. The minimum Gasteiger partial charge on any atom is -0.455 e. The van der Waals surface area contributed by atoms with Crippen LogP contribution in [0.3, 0.4) is 0 Å². The van der Waals surface area contributed by atoms with E-state index < -0.39 is 0 Å². The molecule has 59 heavy (non-hydrogen) atoms. The third kappa shape index (κ3) is 4.46. The largest absolute Gasteiger partial charge is 0.455 e. The molecule has 0 aliphatic heterocycles. The van der Waals surface area contributed by atoms with Gasteiger partial charge in [-0.3, -0.25) is 0 Å². The number of fused-ring (bicyclic) bond motifs is 13. The molecule has 10 aromatic carbocycles. The van der Waals surface area contributed by atoms with Crippen LogP contribution in [-0.2, 0) is 5.41 Å². The van der Waals surface area contributed by atoms with E-state index >= 15 is 0 Å². The molecule has 2 aromatic heterocycles. The van der Waals surface area contributed by atoms with Crippen LogP contribution >= 0.6 is 0 Å². The zero-order valence-corrected chi connectivity index (χ0v) is 32.6. The summed E-state index contributed by atoms with van der Waals surface area (Å²) in [7, 11) is 0. The van der Waals surface area contributed by atoms with Crippen molar-refractivity contribution >= 4 is 76.2 Å². The second kappa shape index (κ2) is 11.8. The lowest BCUT2D eigenvalue weighted by Gasteiger charge is -2.23.